The number of hydrogen-bond acceptors (Lipinski definition) is 1. The van der Waals surface area contributed by atoms with Gasteiger partial charge in [-0.1, -0.05) is 27.2 Å². The molecule has 4 N–H and O–H groups in total. The molecule has 0 fully saturated rings. The van der Waals surface area contributed by atoms with Gasteiger partial charge in [-0.05, 0) is 19.3 Å². The van der Waals surface area contributed by atoms with Gasteiger partial charge in [0.1, 0.15) is 0 Å². The Morgan fingerprint density at radius 2 is 1.80 bits per heavy atom. The first kappa shape index (κ1) is 12.6. The third-order valence-electron chi connectivity index (χ3n) is 2.50. The Morgan fingerprint density at radius 3 is 1.90 bits per heavy atom. The molecule has 64 valence electrons. The van der Waals surface area contributed by atoms with Gasteiger partial charge in [0.2, 0.25) is 0 Å². The topological polar surface area (TPSA) is 57.5 Å². The molecule has 0 amide bonds. The predicted molar refractivity (Wildman–Crippen MR) is 46.0 cm³/mol. The summed E-state index contributed by atoms with van der Waals surface area (Å²) in [5.74, 6) is 0.641. The van der Waals surface area contributed by atoms with Crippen molar-refractivity contribution in [3.63, 3.8) is 0 Å². The van der Waals surface area contributed by atoms with E-state index in [2.05, 4.69) is 27.7 Å². The van der Waals surface area contributed by atoms with E-state index in [9.17, 15) is 0 Å². The summed E-state index contributed by atoms with van der Waals surface area (Å²) in [6.07, 6.45) is 2.25. The van der Waals surface area contributed by atoms with Crippen LogP contribution in [0, 0.1) is 5.92 Å². The van der Waals surface area contributed by atoms with Gasteiger partial charge in [0.05, 0.1) is 0 Å². The fraction of sp³-hybridized carbons (Fsp3) is 1.00. The zero-order valence-corrected chi connectivity index (χ0v) is 7.57. The van der Waals surface area contributed by atoms with Gasteiger partial charge in [-0.25, -0.2) is 0 Å². The Hall–Kier alpha value is -0.0800. The number of hydrogen-bond donors (Lipinski definition) is 1. The van der Waals surface area contributed by atoms with E-state index in [-0.39, 0.29) is 11.0 Å². The van der Waals surface area contributed by atoms with Gasteiger partial charge >= 0.3 is 0 Å². The van der Waals surface area contributed by atoms with Crippen molar-refractivity contribution < 1.29 is 5.48 Å². The van der Waals surface area contributed by atoms with Crippen LogP contribution in [-0.4, -0.2) is 11.0 Å². The summed E-state index contributed by atoms with van der Waals surface area (Å²) < 4.78 is 0. The van der Waals surface area contributed by atoms with E-state index in [1.165, 1.54) is 6.42 Å². The summed E-state index contributed by atoms with van der Waals surface area (Å²) in [4.78, 5) is 0. The molecule has 2 unspecified atom stereocenters. The highest BCUT2D eigenvalue weighted by Crippen LogP contribution is 2.19. The molecule has 0 radical (unpaired) electrons. The molecule has 0 saturated carbocycles. The average Bonchev–Trinajstić information content (AvgIpc) is 1.86. The van der Waals surface area contributed by atoms with Crippen LogP contribution in [0.5, 0.6) is 0 Å². The van der Waals surface area contributed by atoms with Crippen LogP contribution in [-0.2, 0) is 0 Å². The maximum atomic E-state index is 5.97. The molecule has 0 aliphatic rings. The van der Waals surface area contributed by atoms with Gasteiger partial charge in [-0.2, -0.15) is 0 Å². The van der Waals surface area contributed by atoms with Gasteiger partial charge in [-0.15, -0.1) is 0 Å². The zero-order valence-electron chi connectivity index (χ0n) is 7.57. The van der Waals surface area contributed by atoms with Crippen molar-refractivity contribution in [1.82, 2.24) is 0 Å². The van der Waals surface area contributed by atoms with Crippen molar-refractivity contribution in [2.45, 2.75) is 46.1 Å². The molecule has 2 heteroatoms. The molecule has 0 aliphatic carbocycles. The first-order chi connectivity index (χ1) is 4.04. The van der Waals surface area contributed by atoms with Crippen LogP contribution >= 0.6 is 0 Å². The summed E-state index contributed by atoms with van der Waals surface area (Å²) >= 11 is 0. The van der Waals surface area contributed by atoms with Crippen LogP contribution in [0.25, 0.3) is 0 Å². The third kappa shape index (κ3) is 3.18. The van der Waals surface area contributed by atoms with E-state index < -0.39 is 0 Å². The van der Waals surface area contributed by atoms with E-state index >= 15 is 0 Å². The van der Waals surface area contributed by atoms with Gasteiger partial charge < -0.3 is 11.2 Å². The van der Waals surface area contributed by atoms with Crippen LogP contribution in [0.15, 0.2) is 0 Å². The largest absolute Gasteiger partial charge is 0.412 e. The quantitative estimate of drug-likeness (QED) is 0.643. The summed E-state index contributed by atoms with van der Waals surface area (Å²) in [6, 6.07) is 0. The maximum absolute atomic E-state index is 5.97. The second kappa shape index (κ2) is 4.69. The van der Waals surface area contributed by atoms with Crippen molar-refractivity contribution in [3.8, 4) is 0 Å². The molecule has 0 bridgehead atoms. The van der Waals surface area contributed by atoms with Crippen molar-refractivity contribution in [2.24, 2.45) is 11.7 Å². The first-order valence-corrected chi connectivity index (χ1v) is 3.83. The molecule has 0 heterocycles. The van der Waals surface area contributed by atoms with Crippen molar-refractivity contribution in [1.29, 1.82) is 0 Å². The van der Waals surface area contributed by atoms with Gasteiger partial charge in [-0.3, -0.25) is 0 Å². The number of nitrogens with two attached hydrogens (primary N) is 1. The monoisotopic (exact) mass is 147 g/mol. The Bertz CT molecular complexity index is 81.3. The van der Waals surface area contributed by atoms with Crippen LogP contribution in [0.3, 0.4) is 0 Å². The van der Waals surface area contributed by atoms with Gasteiger partial charge in [0, 0.05) is 5.54 Å². The molecule has 0 aromatic heterocycles. The zero-order chi connectivity index (χ0) is 7.49. The van der Waals surface area contributed by atoms with E-state index in [1.807, 2.05) is 0 Å². The predicted octanol–water partition coefficient (Wildman–Crippen LogP) is 1.34. The SMILES string of the molecule is CCC(C)C(C)(N)CC.O. The Kier molecular flexibility index (Phi) is 5.90. The number of rotatable bonds is 3. The molecule has 0 saturated heterocycles. The van der Waals surface area contributed by atoms with Crippen molar-refractivity contribution in [2.75, 3.05) is 0 Å². The molecule has 2 atom stereocenters. The van der Waals surface area contributed by atoms with E-state index in [0.29, 0.717) is 5.92 Å². The second-order valence-electron chi connectivity index (χ2n) is 3.17. The fourth-order valence-corrected chi connectivity index (χ4v) is 0.815. The molecule has 0 spiro atoms. The van der Waals surface area contributed by atoms with E-state index in [4.69, 9.17) is 5.73 Å². The minimum Gasteiger partial charge on any atom is -0.412 e. The molecular weight excluding hydrogens is 126 g/mol. The normalized spacial score (nSPS) is 18.9. The molecule has 10 heavy (non-hydrogen) atoms. The minimum atomic E-state index is 0. The van der Waals surface area contributed by atoms with Crippen molar-refractivity contribution >= 4 is 0 Å². The Labute approximate surface area is 64.1 Å². The lowest BCUT2D eigenvalue weighted by atomic mass is 9.84. The summed E-state index contributed by atoms with van der Waals surface area (Å²) in [5, 5.41) is 0. The molecule has 0 aromatic rings. The highest BCUT2D eigenvalue weighted by atomic mass is 16.0. The van der Waals surface area contributed by atoms with Gasteiger partial charge in [0.25, 0.3) is 0 Å². The maximum Gasteiger partial charge on any atom is 0.0148 e. The Morgan fingerprint density at radius 1 is 1.40 bits per heavy atom. The summed E-state index contributed by atoms with van der Waals surface area (Å²) in [7, 11) is 0. The standard InChI is InChI=1S/C8H19N.H2O/c1-5-7(3)8(4,9)6-2;/h7H,5-6,9H2,1-4H3;1H2. The molecular formula is C8H21NO. The van der Waals surface area contributed by atoms with Gasteiger partial charge in [0.15, 0.2) is 0 Å². The fourth-order valence-electron chi connectivity index (χ4n) is 0.815. The summed E-state index contributed by atoms with van der Waals surface area (Å²) in [6.45, 7) is 8.67. The van der Waals surface area contributed by atoms with Crippen LogP contribution in [0.1, 0.15) is 40.5 Å². The lowest BCUT2D eigenvalue weighted by Crippen LogP contribution is -2.41. The second-order valence-corrected chi connectivity index (χ2v) is 3.17. The lowest BCUT2D eigenvalue weighted by Gasteiger charge is -2.29. The Balaban J connectivity index is 0. The molecule has 2 nitrogen and oxygen atoms in total. The smallest absolute Gasteiger partial charge is 0.0148 e. The van der Waals surface area contributed by atoms with E-state index in [0.717, 1.165) is 6.42 Å². The lowest BCUT2D eigenvalue weighted by molar-refractivity contribution is 0.299. The van der Waals surface area contributed by atoms with E-state index in [1.54, 1.807) is 0 Å². The average molecular weight is 147 g/mol. The highest BCUT2D eigenvalue weighted by Gasteiger charge is 2.21. The first-order valence-electron chi connectivity index (χ1n) is 3.83. The van der Waals surface area contributed by atoms with Crippen LogP contribution < -0.4 is 5.73 Å². The third-order valence-corrected chi connectivity index (χ3v) is 2.50. The minimum absolute atomic E-state index is 0. The van der Waals surface area contributed by atoms with Crippen LogP contribution in [0.2, 0.25) is 0 Å². The molecule has 0 aliphatic heterocycles. The summed E-state index contributed by atoms with van der Waals surface area (Å²) in [5.41, 5.74) is 6.02. The molecule has 0 aromatic carbocycles. The highest BCUT2D eigenvalue weighted by molar-refractivity contribution is 4.81. The van der Waals surface area contributed by atoms with Crippen LogP contribution in [0.4, 0.5) is 0 Å². The molecule has 0 rings (SSSR count). The van der Waals surface area contributed by atoms with Crippen molar-refractivity contribution in [3.05, 3.63) is 0 Å².